The number of imide groups is 1. The minimum absolute atomic E-state index is 0.154. The number of carbonyl (C=O) groups excluding carboxylic acids is 3. The SMILES string of the molecule is CC1=NC(=O)NC(=O)C1S(=O)(=O)N(CC(=O)NCc1ccc(C)cc1)c1cc(C)cc(C)c1. The molecule has 0 saturated carbocycles. The highest BCUT2D eigenvalue weighted by Crippen LogP contribution is 2.25. The van der Waals surface area contributed by atoms with Gasteiger partial charge >= 0.3 is 6.03 Å². The predicted molar refractivity (Wildman–Crippen MR) is 126 cm³/mol. The zero-order valence-corrected chi connectivity index (χ0v) is 19.7. The van der Waals surface area contributed by atoms with Gasteiger partial charge in [-0.3, -0.25) is 19.2 Å². The van der Waals surface area contributed by atoms with Gasteiger partial charge in [0.25, 0.3) is 15.9 Å². The Morgan fingerprint density at radius 3 is 2.18 bits per heavy atom. The van der Waals surface area contributed by atoms with Gasteiger partial charge in [0.05, 0.1) is 11.4 Å². The van der Waals surface area contributed by atoms with Crippen LogP contribution in [0, 0.1) is 20.8 Å². The van der Waals surface area contributed by atoms with Gasteiger partial charge in [-0.25, -0.2) is 18.2 Å². The van der Waals surface area contributed by atoms with E-state index in [2.05, 4.69) is 10.3 Å². The smallest absolute Gasteiger partial charge is 0.347 e. The number of urea groups is 1. The third kappa shape index (κ3) is 5.64. The lowest BCUT2D eigenvalue weighted by atomic mass is 10.1. The molecule has 10 heteroatoms. The number of anilines is 1. The summed E-state index contributed by atoms with van der Waals surface area (Å²) in [7, 11) is -4.44. The summed E-state index contributed by atoms with van der Waals surface area (Å²) in [5, 5.41) is 2.93. The highest BCUT2D eigenvalue weighted by atomic mass is 32.2. The van der Waals surface area contributed by atoms with Crippen LogP contribution in [-0.2, 0) is 26.2 Å². The van der Waals surface area contributed by atoms with Crippen molar-refractivity contribution in [1.29, 1.82) is 0 Å². The molecule has 174 valence electrons. The number of nitrogens with zero attached hydrogens (tertiary/aromatic N) is 2. The predicted octanol–water partition coefficient (Wildman–Crippen LogP) is 2.14. The Kier molecular flexibility index (Phi) is 6.97. The normalized spacial score (nSPS) is 16.1. The van der Waals surface area contributed by atoms with E-state index in [1.807, 2.05) is 42.6 Å². The van der Waals surface area contributed by atoms with E-state index in [4.69, 9.17) is 0 Å². The van der Waals surface area contributed by atoms with Gasteiger partial charge in [0.1, 0.15) is 6.54 Å². The molecular formula is C23H26N4O5S. The Morgan fingerprint density at radius 2 is 1.61 bits per heavy atom. The van der Waals surface area contributed by atoms with E-state index in [1.54, 1.807) is 26.0 Å². The lowest BCUT2D eigenvalue weighted by Gasteiger charge is -2.29. The molecule has 1 heterocycles. The lowest BCUT2D eigenvalue weighted by Crippen LogP contribution is -2.55. The highest BCUT2D eigenvalue weighted by molar-refractivity contribution is 7.95. The molecule has 9 nitrogen and oxygen atoms in total. The van der Waals surface area contributed by atoms with Crippen molar-refractivity contribution in [2.24, 2.45) is 4.99 Å². The van der Waals surface area contributed by atoms with Gasteiger partial charge in [0.2, 0.25) is 5.91 Å². The van der Waals surface area contributed by atoms with Crippen LogP contribution in [0.5, 0.6) is 0 Å². The molecule has 0 saturated heterocycles. The zero-order chi connectivity index (χ0) is 24.3. The summed E-state index contributed by atoms with van der Waals surface area (Å²) >= 11 is 0. The quantitative estimate of drug-likeness (QED) is 0.641. The molecule has 1 unspecified atom stereocenters. The number of hydrogen-bond donors (Lipinski definition) is 2. The number of benzene rings is 2. The topological polar surface area (TPSA) is 125 Å². The molecule has 1 atom stereocenters. The molecule has 0 aromatic heterocycles. The molecule has 33 heavy (non-hydrogen) atoms. The maximum Gasteiger partial charge on any atom is 0.347 e. The number of carbonyl (C=O) groups is 3. The van der Waals surface area contributed by atoms with Crippen LogP contribution in [0.4, 0.5) is 10.5 Å². The molecular weight excluding hydrogens is 444 g/mol. The number of amides is 4. The van der Waals surface area contributed by atoms with Gasteiger partial charge in [-0.15, -0.1) is 0 Å². The van der Waals surface area contributed by atoms with Crippen LogP contribution in [-0.4, -0.2) is 43.8 Å². The fraction of sp³-hybridized carbons (Fsp3) is 0.304. The monoisotopic (exact) mass is 470 g/mol. The van der Waals surface area contributed by atoms with E-state index < -0.39 is 39.7 Å². The number of rotatable bonds is 7. The van der Waals surface area contributed by atoms with Gasteiger partial charge in [-0.2, -0.15) is 0 Å². The van der Waals surface area contributed by atoms with Crippen LogP contribution in [0.25, 0.3) is 0 Å². The number of aliphatic imine (C=N–C) groups is 1. The first kappa shape index (κ1) is 24.1. The second-order valence-corrected chi connectivity index (χ2v) is 10.0. The fourth-order valence-corrected chi connectivity index (χ4v) is 5.37. The van der Waals surface area contributed by atoms with Crippen molar-refractivity contribution in [3.63, 3.8) is 0 Å². The van der Waals surface area contributed by atoms with Gasteiger partial charge < -0.3 is 5.32 Å². The minimum atomic E-state index is -4.44. The number of sulfonamides is 1. The van der Waals surface area contributed by atoms with Crippen molar-refractivity contribution in [3.8, 4) is 0 Å². The molecule has 2 N–H and O–H groups in total. The first-order valence-corrected chi connectivity index (χ1v) is 11.8. The maximum atomic E-state index is 13.6. The van der Waals surface area contributed by atoms with Crippen LogP contribution < -0.4 is 14.9 Å². The summed E-state index contributed by atoms with van der Waals surface area (Å²) in [6, 6.07) is 11.8. The highest BCUT2D eigenvalue weighted by Gasteiger charge is 2.43. The standard InChI is InChI=1S/C23H26N4O5S/c1-14-5-7-18(8-6-14)12-24-20(28)13-27(19-10-15(2)9-16(3)11-19)33(31,32)21-17(4)25-23(30)26-22(21)29/h5-11,21H,12-13H2,1-4H3,(H,24,28)(H,26,29,30). The zero-order valence-electron chi connectivity index (χ0n) is 18.9. The van der Waals surface area contributed by atoms with Crippen LogP contribution in [0.1, 0.15) is 29.2 Å². The molecule has 2 aromatic carbocycles. The lowest BCUT2D eigenvalue weighted by molar-refractivity contribution is -0.120. The molecule has 0 radical (unpaired) electrons. The summed E-state index contributed by atoms with van der Waals surface area (Å²) in [4.78, 5) is 40.3. The van der Waals surface area contributed by atoms with E-state index in [0.717, 1.165) is 26.6 Å². The fourth-order valence-electron chi connectivity index (χ4n) is 3.60. The van der Waals surface area contributed by atoms with Gasteiger partial charge in [0.15, 0.2) is 5.25 Å². The Bertz CT molecular complexity index is 1220. The molecule has 0 aliphatic carbocycles. The van der Waals surface area contributed by atoms with Gasteiger partial charge in [-0.1, -0.05) is 35.9 Å². The van der Waals surface area contributed by atoms with E-state index in [0.29, 0.717) is 0 Å². The number of aryl methyl sites for hydroxylation is 3. The third-order valence-corrected chi connectivity index (χ3v) is 7.23. The van der Waals surface area contributed by atoms with Gasteiger partial charge in [-0.05, 0) is 56.5 Å². The molecule has 3 rings (SSSR count). The van der Waals surface area contributed by atoms with E-state index in [-0.39, 0.29) is 17.9 Å². The molecule has 0 bridgehead atoms. The Hall–Kier alpha value is -3.53. The number of nitrogens with one attached hydrogen (secondary N) is 2. The average Bonchev–Trinajstić information content (AvgIpc) is 2.69. The second-order valence-electron chi connectivity index (χ2n) is 8.09. The van der Waals surface area contributed by atoms with Crippen molar-refractivity contribution >= 4 is 39.3 Å². The van der Waals surface area contributed by atoms with Crippen LogP contribution in [0.15, 0.2) is 47.5 Å². The Labute approximate surface area is 192 Å². The summed E-state index contributed by atoms with van der Waals surface area (Å²) in [5.41, 5.74) is 3.62. The first-order valence-electron chi connectivity index (χ1n) is 10.3. The average molecular weight is 471 g/mol. The van der Waals surface area contributed by atoms with Crippen molar-refractivity contribution < 1.29 is 22.8 Å². The minimum Gasteiger partial charge on any atom is -0.350 e. The molecule has 0 spiro atoms. The van der Waals surface area contributed by atoms with Crippen LogP contribution >= 0.6 is 0 Å². The van der Waals surface area contributed by atoms with E-state index in [1.165, 1.54) is 6.92 Å². The Morgan fingerprint density at radius 1 is 1.00 bits per heavy atom. The third-order valence-electron chi connectivity index (χ3n) is 5.12. The first-order chi connectivity index (χ1) is 15.5. The van der Waals surface area contributed by atoms with E-state index >= 15 is 0 Å². The van der Waals surface area contributed by atoms with Crippen molar-refractivity contribution in [2.45, 2.75) is 39.5 Å². The maximum absolute atomic E-state index is 13.6. The van der Waals surface area contributed by atoms with Crippen molar-refractivity contribution in [3.05, 3.63) is 64.7 Å². The molecule has 4 amide bonds. The molecule has 0 fully saturated rings. The summed E-state index contributed by atoms with van der Waals surface area (Å²) in [6.07, 6.45) is 0. The van der Waals surface area contributed by atoms with Crippen molar-refractivity contribution in [2.75, 3.05) is 10.8 Å². The number of hydrogen-bond acceptors (Lipinski definition) is 5. The molecule has 1 aliphatic rings. The van der Waals surface area contributed by atoms with E-state index in [9.17, 15) is 22.8 Å². The van der Waals surface area contributed by atoms with Crippen molar-refractivity contribution in [1.82, 2.24) is 10.6 Å². The van der Waals surface area contributed by atoms with Crippen LogP contribution in [0.3, 0.4) is 0 Å². The summed E-state index contributed by atoms with van der Waals surface area (Å²) < 4.78 is 28.1. The van der Waals surface area contributed by atoms with Gasteiger partial charge in [0, 0.05) is 6.54 Å². The molecule has 2 aromatic rings. The Balaban J connectivity index is 1.93. The second kappa shape index (κ2) is 9.53. The van der Waals surface area contributed by atoms with Crippen LogP contribution in [0.2, 0.25) is 0 Å². The summed E-state index contributed by atoms with van der Waals surface area (Å²) in [5.74, 6) is -1.54. The largest absolute Gasteiger partial charge is 0.350 e. The molecule has 1 aliphatic heterocycles. The summed E-state index contributed by atoms with van der Waals surface area (Å²) in [6.45, 7) is 6.54.